The molecule has 1 aliphatic rings. The highest BCUT2D eigenvalue weighted by Gasteiger charge is 2.31. The maximum absolute atomic E-state index is 6.64. The summed E-state index contributed by atoms with van der Waals surface area (Å²) in [6.07, 6.45) is 3.80. The van der Waals surface area contributed by atoms with Gasteiger partial charge >= 0.3 is 0 Å². The van der Waals surface area contributed by atoms with Crippen LogP contribution in [0.3, 0.4) is 0 Å². The first-order valence-electron chi connectivity index (χ1n) is 17.8. The standard InChI is InChI=1S/C45H45N5O/c1-29-23-32(45(6,7)8)24-30(2)42(29)49-28-48(39-17-12-21-47-43(39)49)33-13-11-14-34(26-33)51-35-18-19-37-36-15-9-10-16-38(36)50(40(37)27-35)41-25-31(20-22-46-41)44(3,4)5/h9-27H,28H2,1-8H3. The van der Waals surface area contributed by atoms with Crippen LogP contribution in [0, 0.1) is 13.8 Å². The minimum absolute atomic E-state index is 0.00717. The van der Waals surface area contributed by atoms with Crippen LogP contribution >= 0.6 is 0 Å². The fourth-order valence-corrected chi connectivity index (χ4v) is 7.42. The summed E-state index contributed by atoms with van der Waals surface area (Å²) in [5, 5.41) is 2.35. The molecule has 0 atom stereocenters. The van der Waals surface area contributed by atoms with E-state index in [0.717, 1.165) is 50.9 Å². The van der Waals surface area contributed by atoms with Gasteiger partial charge in [-0.15, -0.1) is 0 Å². The van der Waals surface area contributed by atoms with Gasteiger partial charge in [0.15, 0.2) is 5.82 Å². The molecule has 6 nitrogen and oxygen atoms in total. The smallest absolute Gasteiger partial charge is 0.158 e. The monoisotopic (exact) mass is 671 g/mol. The van der Waals surface area contributed by atoms with Crippen molar-refractivity contribution >= 4 is 44.7 Å². The Bertz CT molecular complexity index is 2420. The summed E-state index contributed by atoms with van der Waals surface area (Å²) < 4.78 is 8.90. The molecule has 1 aliphatic heterocycles. The van der Waals surface area contributed by atoms with E-state index < -0.39 is 0 Å². The molecule has 0 radical (unpaired) electrons. The van der Waals surface area contributed by atoms with Gasteiger partial charge in [0.05, 0.1) is 22.4 Å². The number of rotatable bonds is 5. The first kappa shape index (κ1) is 32.6. The molecule has 4 heterocycles. The van der Waals surface area contributed by atoms with Gasteiger partial charge in [-0.3, -0.25) is 4.57 Å². The highest BCUT2D eigenvalue weighted by molar-refractivity contribution is 6.09. The van der Waals surface area contributed by atoms with Crippen molar-refractivity contribution in [3.8, 4) is 17.3 Å². The molecule has 0 fully saturated rings. The van der Waals surface area contributed by atoms with Crippen LogP contribution < -0.4 is 14.5 Å². The van der Waals surface area contributed by atoms with Crippen molar-refractivity contribution in [3.05, 3.63) is 138 Å². The van der Waals surface area contributed by atoms with Crippen molar-refractivity contribution in [2.24, 2.45) is 0 Å². The number of aryl methyl sites for hydroxylation is 2. The van der Waals surface area contributed by atoms with Gasteiger partial charge in [0.25, 0.3) is 0 Å². The molecule has 0 aliphatic carbocycles. The third kappa shape index (κ3) is 5.79. The summed E-state index contributed by atoms with van der Waals surface area (Å²) in [7, 11) is 0. The average Bonchev–Trinajstić information content (AvgIpc) is 3.63. The summed E-state index contributed by atoms with van der Waals surface area (Å²) in [5.74, 6) is 3.40. The molecule has 0 N–H and O–H groups in total. The van der Waals surface area contributed by atoms with E-state index in [2.05, 4.69) is 161 Å². The lowest BCUT2D eigenvalue weighted by atomic mass is 9.84. The quantitative estimate of drug-likeness (QED) is 0.182. The number of aromatic nitrogens is 3. The lowest BCUT2D eigenvalue weighted by Crippen LogP contribution is -2.25. The number of hydrogen-bond donors (Lipinski definition) is 0. The summed E-state index contributed by atoms with van der Waals surface area (Å²) in [6.45, 7) is 18.6. The number of pyridine rings is 2. The van der Waals surface area contributed by atoms with E-state index in [0.29, 0.717) is 6.67 Å². The third-order valence-corrected chi connectivity index (χ3v) is 10.1. The number of hydrogen-bond acceptors (Lipinski definition) is 5. The summed E-state index contributed by atoms with van der Waals surface area (Å²) >= 11 is 0. The lowest BCUT2D eigenvalue weighted by Gasteiger charge is -2.27. The van der Waals surface area contributed by atoms with E-state index in [1.165, 1.54) is 33.3 Å². The van der Waals surface area contributed by atoms with Crippen molar-refractivity contribution in [1.29, 1.82) is 0 Å². The second-order valence-corrected chi connectivity index (χ2v) is 15.8. The van der Waals surface area contributed by atoms with E-state index in [9.17, 15) is 0 Å². The molecular formula is C45H45N5O. The minimum Gasteiger partial charge on any atom is -0.457 e. The molecule has 51 heavy (non-hydrogen) atoms. The zero-order valence-corrected chi connectivity index (χ0v) is 30.8. The Hall–Kier alpha value is -5.62. The van der Waals surface area contributed by atoms with Crippen molar-refractivity contribution in [2.75, 3.05) is 16.5 Å². The molecule has 4 aromatic carbocycles. The number of nitrogens with zero attached hydrogens (tertiary/aromatic N) is 5. The topological polar surface area (TPSA) is 46.4 Å². The van der Waals surface area contributed by atoms with E-state index in [1.54, 1.807) is 0 Å². The lowest BCUT2D eigenvalue weighted by molar-refractivity contribution is 0.483. The third-order valence-electron chi connectivity index (χ3n) is 10.1. The number of para-hydroxylation sites is 1. The van der Waals surface area contributed by atoms with Crippen LogP contribution in [0.4, 0.5) is 22.9 Å². The Morgan fingerprint density at radius 3 is 2.08 bits per heavy atom. The Morgan fingerprint density at radius 2 is 1.31 bits per heavy atom. The molecule has 0 bridgehead atoms. The largest absolute Gasteiger partial charge is 0.457 e. The van der Waals surface area contributed by atoms with E-state index in [-0.39, 0.29) is 10.8 Å². The Kier molecular flexibility index (Phi) is 7.67. The zero-order valence-electron chi connectivity index (χ0n) is 30.8. The van der Waals surface area contributed by atoms with Gasteiger partial charge in [0.1, 0.15) is 24.0 Å². The Labute approximate surface area is 301 Å². The van der Waals surface area contributed by atoms with Crippen molar-refractivity contribution in [3.63, 3.8) is 0 Å². The molecule has 0 spiro atoms. The molecule has 3 aromatic heterocycles. The van der Waals surface area contributed by atoms with Crippen LogP contribution in [0.2, 0.25) is 0 Å². The van der Waals surface area contributed by atoms with Gasteiger partial charge in [-0.25, -0.2) is 9.97 Å². The second-order valence-electron chi connectivity index (χ2n) is 15.8. The molecule has 256 valence electrons. The molecule has 7 aromatic rings. The number of anilines is 4. The average molecular weight is 672 g/mol. The normalized spacial score (nSPS) is 13.3. The molecule has 0 unspecified atom stereocenters. The Balaban J connectivity index is 1.15. The Morgan fingerprint density at radius 1 is 0.588 bits per heavy atom. The molecule has 6 heteroatoms. The van der Waals surface area contributed by atoms with Crippen LogP contribution in [0.25, 0.3) is 27.6 Å². The summed E-state index contributed by atoms with van der Waals surface area (Å²) in [6, 6.07) is 36.4. The van der Waals surface area contributed by atoms with Crippen LogP contribution in [-0.2, 0) is 10.8 Å². The maximum Gasteiger partial charge on any atom is 0.158 e. The van der Waals surface area contributed by atoms with Crippen LogP contribution in [0.15, 0.2) is 116 Å². The van der Waals surface area contributed by atoms with E-state index in [1.807, 2.05) is 24.5 Å². The van der Waals surface area contributed by atoms with Crippen molar-refractivity contribution in [1.82, 2.24) is 14.5 Å². The summed E-state index contributed by atoms with van der Waals surface area (Å²) in [5.41, 5.74) is 10.7. The van der Waals surface area contributed by atoms with E-state index >= 15 is 0 Å². The predicted octanol–water partition coefficient (Wildman–Crippen LogP) is 11.8. The van der Waals surface area contributed by atoms with Gasteiger partial charge in [0, 0.05) is 41.0 Å². The molecule has 0 saturated carbocycles. The SMILES string of the molecule is Cc1cc(C(C)(C)C)cc(C)c1N1CN(c2cccc(Oc3ccc4c5ccccc5n(-c5cc(C(C)(C)C)ccn5)c4c3)c2)c2cccnc21. The van der Waals surface area contributed by atoms with Gasteiger partial charge in [-0.05, 0) is 102 Å². The van der Waals surface area contributed by atoms with Gasteiger partial charge < -0.3 is 14.5 Å². The van der Waals surface area contributed by atoms with Gasteiger partial charge in [-0.2, -0.15) is 0 Å². The number of fused-ring (bicyclic) bond motifs is 4. The summed E-state index contributed by atoms with van der Waals surface area (Å²) in [4.78, 5) is 14.4. The molecular weight excluding hydrogens is 627 g/mol. The van der Waals surface area contributed by atoms with Crippen molar-refractivity contribution < 1.29 is 4.74 Å². The molecule has 0 amide bonds. The first-order valence-corrected chi connectivity index (χ1v) is 17.8. The number of benzene rings is 4. The predicted molar refractivity (Wildman–Crippen MR) is 212 cm³/mol. The van der Waals surface area contributed by atoms with Crippen LogP contribution in [0.1, 0.15) is 63.8 Å². The van der Waals surface area contributed by atoms with Crippen molar-refractivity contribution in [2.45, 2.75) is 66.2 Å². The zero-order chi connectivity index (χ0) is 35.7. The minimum atomic E-state index is 0.00717. The highest BCUT2D eigenvalue weighted by Crippen LogP contribution is 2.46. The second kappa shape index (κ2) is 12.0. The van der Waals surface area contributed by atoms with E-state index in [4.69, 9.17) is 14.7 Å². The fourth-order valence-electron chi connectivity index (χ4n) is 7.42. The first-order chi connectivity index (χ1) is 24.4. The van der Waals surface area contributed by atoms with Crippen LogP contribution in [0.5, 0.6) is 11.5 Å². The molecule has 0 saturated heterocycles. The fraction of sp³-hybridized carbons (Fsp3) is 0.244. The van der Waals surface area contributed by atoms with Gasteiger partial charge in [-0.1, -0.05) is 77.9 Å². The van der Waals surface area contributed by atoms with Gasteiger partial charge in [0.2, 0.25) is 0 Å². The number of ether oxygens (including phenoxy) is 1. The van der Waals surface area contributed by atoms with Crippen LogP contribution in [-0.4, -0.2) is 21.2 Å². The molecule has 8 rings (SSSR count). The maximum atomic E-state index is 6.64. The highest BCUT2D eigenvalue weighted by atomic mass is 16.5.